The number of carbonyl (C=O) groups is 2. The maximum atomic E-state index is 11.7. The highest BCUT2D eigenvalue weighted by Crippen LogP contribution is 2.19. The number of nitrogens with one attached hydrogen (secondary N) is 2. The minimum atomic E-state index is -0.0860. The van der Waals surface area contributed by atoms with Crippen LogP contribution >= 0.6 is 12.4 Å². The standard InChI is InChI=1S/C17H25N3O3.ClH/c1-12(19-16(21)3-2-10-18)13-4-8-15(9-5-13)23-11-17(22)20-14-6-7-14;/h4-5,8-9,12,14H,2-3,6-7,10-11,18H2,1H3,(H,19,21)(H,20,22);1H. The second kappa shape index (κ2) is 10.2. The van der Waals surface area contributed by atoms with E-state index in [0.717, 1.165) is 18.4 Å². The highest BCUT2D eigenvalue weighted by molar-refractivity contribution is 5.85. The minimum Gasteiger partial charge on any atom is -0.484 e. The van der Waals surface area contributed by atoms with Crippen molar-refractivity contribution >= 4 is 24.2 Å². The van der Waals surface area contributed by atoms with Crippen molar-refractivity contribution in [3.05, 3.63) is 29.8 Å². The molecule has 1 unspecified atom stereocenters. The van der Waals surface area contributed by atoms with E-state index in [1.807, 2.05) is 31.2 Å². The fraction of sp³-hybridized carbons (Fsp3) is 0.529. The van der Waals surface area contributed by atoms with E-state index in [1.54, 1.807) is 0 Å². The molecule has 2 amide bonds. The van der Waals surface area contributed by atoms with Crippen LogP contribution in [0.5, 0.6) is 5.75 Å². The molecule has 134 valence electrons. The normalized spacial score (nSPS) is 14.2. The van der Waals surface area contributed by atoms with Gasteiger partial charge in [0.2, 0.25) is 5.91 Å². The average Bonchev–Trinajstić information content (AvgIpc) is 3.35. The molecular weight excluding hydrogens is 330 g/mol. The van der Waals surface area contributed by atoms with Crippen LogP contribution in [0.4, 0.5) is 0 Å². The second-order valence-electron chi connectivity index (χ2n) is 5.88. The lowest BCUT2D eigenvalue weighted by Gasteiger charge is -2.15. The van der Waals surface area contributed by atoms with E-state index >= 15 is 0 Å². The number of nitrogens with two attached hydrogens (primary N) is 1. The molecule has 1 aliphatic rings. The van der Waals surface area contributed by atoms with Gasteiger partial charge in [-0.25, -0.2) is 0 Å². The summed E-state index contributed by atoms with van der Waals surface area (Å²) in [5, 5.41) is 5.80. The number of hydrogen-bond acceptors (Lipinski definition) is 4. The van der Waals surface area contributed by atoms with Crippen molar-refractivity contribution < 1.29 is 14.3 Å². The fourth-order valence-electron chi connectivity index (χ4n) is 2.16. The predicted molar refractivity (Wildman–Crippen MR) is 95.2 cm³/mol. The molecule has 7 heteroatoms. The van der Waals surface area contributed by atoms with Crippen molar-refractivity contribution in [2.24, 2.45) is 5.73 Å². The zero-order valence-electron chi connectivity index (χ0n) is 13.9. The fourth-order valence-corrected chi connectivity index (χ4v) is 2.16. The molecule has 1 fully saturated rings. The third-order valence-corrected chi connectivity index (χ3v) is 3.68. The van der Waals surface area contributed by atoms with E-state index in [-0.39, 0.29) is 36.9 Å². The lowest BCUT2D eigenvalue weighted by molar-refractivity contribution is -0.123. The number of hydrogen-bond donors (Lipinski definition) is 3. The molecular formula is C17H26ClN3O3. The number of carbonyl (C=O) groups excluding carboxylic acids is 2. The van der Waals surface area contributed by atoms with Crippen LogP contribution in [0.2, 0.25) is 0 Å². The third-order valence-electron chi connectivity index (χ3n) is 3.68. The number of ether oxygens (including phenoxy) is 1. The molecule has 4 N–H and O–H groups in total. The zero-order valence-corrected chi connectivity index (χ0v) is 14.7. The van der Waals surface area contributed by atoms with Gasteiger partial charge >= 0.3 is 0 Å². The maximum Gasteiger partial charge on any atom is 0.258 e. The summed E-state index contributed by atoms with van der Waals surface area (Å²) in [6, 6.07) is 7.67. The van der Waals surface area contributed by atoms with Gasteiger partial charge in [-0.3, -0.25) is 9.59 Å². The molecule has 0 heterocycles. The van der Waals surface area contributed by atoms with Crippen molar-refractivity contribution in [3.63, 3.8) is 0 Å². The molecule has 24 heavy (non-hydrogen) atoms. The number of halogens is 1. The molecule has 2 rings (SSSR count). The summed E-state index contributed by atoms with van der Waals surface area (Å²) in [6.45, 7) is 2.47. The molecule has 0 aromatic heterocycles. The average molecular weight is 356 g/mol. The maximum absolute atomic E-state index is 11.7. The van der Waals surface area contributed by atoms with Gasteiger partial charge in [0.15, 0.2) is 6.61 Å². The summed E-state index contributed by atoms with van der Waals surface area (Å²) in [4.78, 5) is 23.2. The zero-order chi connectivity index (χ0) is 16.7. The van der Waals surface area contributed by atoms with Crippen LogP contribution in [0.3, 0.4) is 0 Å². The van der Waals surface area contributed by atoms with Crippen molar-refractivity contribution in [1.82, 2.24) is 10.6 Å². The van der Waals surface area contributed by atoms with Gasteiger partial charge in [-0.05, 0) is 50.4 Å². The largest absolute Gasteiger partial charge is 0.484 e. The van der Waals surface area contributed by atoms with Gasteiger partial charge in [-0.2, -0.15) is 0 Å². The first-order chi connectivity index (χ1) is 11.1. The first kappa shape index (κ1) is 20.3. The van der Waals surface area contributed by atoms with E-state index < -0.39 is 0 Å². The Labute approximate surface area is 148 Å². The number of amides is 2. The Kier molecular flexibility index (Phi) is 8.57. The van der Waals surface area contributed by atoms with E-state index in [2.05, 4.69) is 10.6 Å². The van der Waals surface area contributed by atoms with E-state index in [0.29, 0.717) is 31.2 Å². The van der Waals surface area contributed by atoms with Gasteiger partial charge in [0.25, 0.3) is 5.91 Å². The molecule has 1 aromatic carbocycles. The van der Waals surface area contributed by atoms with Crippen molar-refractivity contribution in [3.8, 4) is 5.75 Å². The van der Waals surface area contributed by atoms with E-state index in [9.17, 15) is 9.59 Å². The minimum absolute atomic E-state index is 0. The summed E-state index contributed by atoms with van der Waals surface area (Å²) >= 11 is 0. The summed E-state index contributed by atoms with van der Waals surface area (Å²) in [6.07, 6.45) is 3.26. The van der Waals surface area contributed by atoms with Crippen LogP contribution in [-0.4, -0.2) is 31.0 Å². The Bertz CT molecular complexity index is 532. The lowest BCUT2D eigenvalue weighted by atomic mass is 10.1. The molecule has 1 aliphatic carbocycles. The number of benzene rings is 1. The van der Waals surface area contributed by atoms with Gasteiger partial charge in [-0.1, -0.05) is 12.1 Å². The lowest BCUT2D eigenvalue weighted by Crippen LogP contribution is -2.30. The van der Waals surface area contributed by atoms with Gasteiger partial charge < -0.3 is 21.1 Å². The molecule has 0 bridgehead atoms. The summed E-state index contributed by atoms with van der Waals surface area (Å²) in [5.74, 6) is 0.554. The van der Waals surface area contributed by atoms with Crippen molar-refractivity contribution in [2.45, 2.75) is 44.7 Å². The molecule has 0 aliphatic heterocycles. The Morgan fingerprint density at radius 2 is 1.92 bits per heavy atom. The highest BCUT2D eigenvalue weighted by atomic mass is 35.5. The van der Waals surface area contributed by atoms with Crippen LogP contribution in [0.25, 0.3) is 0 Å². The van der Waals surface area contributed by atoms with E-state index in [1.165, 1.54) is 0 Å². The van der Waals surface area contributed by atoms with Crippen molar-refractivity contribution in [2.75, 3.05) is 13.2 Å². The van der Waals surface area contributed by atoms with Crippen LogP contribution in [0, 0.1) is 0 Å². The molecule has 1 saturated carbocycles. The quantitative estimate of drug-likeness (QED) is 0.628. The molecule has 1 aromatic rings. The van der Waals surface area contributed by atoms with E-state index in [4.69, 9.17) is 10.5 Å². The molecule has 6 nitrogen and oxygen atoms in total. The second-order valence-corrected chi connectivity index (χ2v) is 5.88. The first-order valence-electron chi connectivity index (χ1n) is 8.10. The Balaban J connectivity index is 0.00000288. The van der Waals surface area contributed by atoms with Gasteiger partial charge in [-0.15, -0.1) is 12.4 Å². The van der Waals surface area contributed by atoms with Crippen LogP contribution in [-0.2, 0) is 9.59 Å². The van der Waals surface area contributed by atoms with Crippen molar-refractivity contribution in [1.29, 1.82) is 0 Å². The Hall–Kier alpha value is -1.79. The molecule has 0 spiro atoms. The van der Waals surface area contributed by atoms with Crippen LogP contribution in [0.15, 0.2) is 24.3 Å². The van der Waals surface area contributed by atoms with Gasteiger partial charge in [0, 0.05) is 12.5 Å². The topological polar surface area (TPSA) is 93.5 Å². The monoisotopic (exact) mass is 355 g/mol. The van der Waals surface area contributed by atoms with Crippen LogP contribution in [0.1, 0.15) is 44.2 Å². The molecule has 0 saturated heterocycles. The number of rotatable bonds is 9. The predicted octanol–water partition coefficient (Wildman–Crippen LogP) is 1.68. The third kappa shape index (κ3) is 7.19. The smallest absolute Gasteiger partial charge is 0.258 e. The summed E-state index contributed by atoms with van der Waals surface area (Å²) < 4.78 is 5.45. The summed E-state index contributed by atoms with van der Waals surface area (Å²) in [5.41, 5.74) is 6.38. The SMILES string of the molecule is CC(NC(=O)CCCN)c1ccc(OCC(=O)NC2CC2)cc1.Cl. The first-order valence-corrected chi connectivity index (χ1v) is 8.10. The highest BCUT2D eigenvalue weighted by Gasteiger charge is 2.23. The molecule has 1 atom stereocenters. The van der Waals surface area contributed by atoms with Crippen LogP contribution < -0.4 is 21.1 Å². The van der Waals surface area contributed by atoms with Gasteiger partial charge in [0.05, 0.1) is 6.04 Å². The Morgan fingerprint density at radius 1 is 1.25 bits per heavy atom. The summed E-state index contributed by atoms with van der Waals surface area (Å²) in [7, 11) is 0. The van der Waals surface area contributed by atoms with Gasteiger partial charge in [0.1, 0.15) is 5.75 Å². The Morgan fingerprint density at radius 3 is 2.50 bits per heavy atom. The molecule has 0 radical (unpaired) electrons.